The summed E-state index contributed by atoms with van der Waals surface area (Å²) in [6, 6.07) is 13.1. The molecule has 0 saturated carbocycles. The highest BCUT2D eigenvalue weighted by Gasteiger charge is 2.20. The summed E-state index contributed by atoms with van der Waals surface area (Å²) in [5.74, 6) is -0.435. The third-order valence-corrected chi connectivity index (χ3v) is 4.72. The van der Waals surface area contributed by atoms with Gasteiger partial charge in [0.05, 0.1) is 10.9 Å². The monoisotopic (exact) mass is 361 g/mol. The average Bonchev–Trinajstić information content (AvgIpc) is 3.03. The minimum absolute atomic E-state index is 0.0558. The smallest absolute Gasteiger partial charge is 0.196 e. The summed E-state index contributed by atoms with van der Waals surface area (Å²) < 4.78 is 15.5. The number of benzene rings is 2. The molecule has 0 aliphatic rings. The van der Waals surface area contributed by atoms with Crippen molar-refractivity contribution in [3.63, 3.8) is 0 Å². The fraction of sp³-hybridized carbons (Fsp3) is 0.118. The fourth-order valence-electron chi connectivity index (χ4n) is 2.18. The molecule has 0 aliphatic carbocycles. The van der Waals surface area contributed by atoms with Crippen LogP contribution in [0.15, 0.2) is 60.0 Å². The van der Waals surface area contributed by atoms with Crippen LogP contribution in [-0.4, -0.2) is 25.8 Å². The van der Waals surface area contributed by atoms with Crippen LogP contribution >= 0.6 is 23.4 Å². The van der Waals surface area contributed by atoms with Crippen LogP contribution in [0.2, 0.25) is 5.02 Å². The van der Waals surface area contributed by atoms with E-state index in [1.165, 1.54) is 28.7 Å². The minimum Gasteiger partial charge on any atom is -0.293 e. The van der Waals surface area contributed by atoms with E-state index in [9.17, 15) is 9.18 Å². The third-order valence-electron chi connectivity index (χ3n) is 3.41. The zero-order valence-corrected chi connectivity index (χ0v) is 14.3. The summed E-state index contributed by atoms with van der Waals surface area (Å²) in [7, 11) is 0. The number of thioether (sulfide) groups is 1. The highest BCUT2D eigenvalue weighted by Crippen LogP contribution is 2.27. The lowest BCUT2D eigenvalue weighted by atomic mass is 10.1. The first-order valence-electron chi connectivity index (χ1n) is 7.17. The highest BCUT2D eigenvalue weighted by molar-refractivity contribution is 8.00. The maximum Gasteiger partial charge on any atom is 0.196 e. The Morgan fingerprint density at radius 1 is 1.21 bits per heavy atom. The van der Waals surface area contributed by atoms with Crippen molar-refractivity contribution in [3.05, 3.63) is 71.3 Å². The van der Waals surface area contributed by atoms with Crippen molar-refractivity contribution in [3.8, 4) is 5.69 Å². The van der Waals surface area contributed by atoms with Gasteiger partial charge in [-0.3, -0.25) is 9.36 Å². The maximum absolute atomic E-state index is 14.0. The number of hydrogen-bond donors (Lipinski definition) is 0. The molecule has 0 amide bonds. The molecule has 0 aliphatic heterocycles. The van der Waals surface area contributed by atoms with Crippen molar-refractivity contribution in [1.29, 1.82) is 0 Å². The van der Waals surface area contributed by atoms with E-state index < -0.39 is 5.25 Å². The second kappa shape index (κ2) is 7.15. The van der Waals surface area contributed by atoms with Crippen LogP contribution in [0.5, 0.6) is 0 Å². The molecular weight excluding hydrogens is 349 g/mol. The molecule has 0 N–H and O–H groups in total. The van der Waals surface area contributed by atoms with Crippen LogP contribution in [-0.2, 0) is 0 Å². The molecular formula is C17H13ClFN3OS. The summed E-state index contributed by atoms with van der Waals surface area (Å²) in [5.41, 5.74) is 0.910. The number of carbonyl (C=O) groups excluding carboxylic acids is 1. The molecule has 122 valence electrons. The molecule has 0 radical (unpaired) electrons. The van der Waals surface area contributed by atoms with Crippen molar-refractivity contribution >= 4 is 29.1 Å². The van der Waals surface area contributed by atoms with E-state index in [4.69, 9.17) is 11.6 Å². The first-order chi connectivity index (χ1) is 11.6. The molecule has 4 nitrogen and oxygen atoms in total. The number of carbonyl (C=O) groups is 1. The Labute approximate surface area is 147 Å². The molecule has 0 spiro atoms. The number of Topliss-reactive ketones (excluding diaryl/α,β-unsaturated/α-hetero) is 1. The molecule has 1 atom stereocenters. The van der Waals surface area contributed by atoms with Crippen LogP contribution in [0.25, 0.3) is 5.69 Å². The molecule has 0 fully saturated rings. The predicted octanol–water partition coefficient (Wildman–Crippen LogP) is 4.42. The van der Waals surface area contributed by atoms with E-state index in [1.807, 2.05) is 0 Å². The van der Waals surface area contributed by atoms with Gasteiger partial charge in [0.25, 0.3) is 0 Å². The van der Waals surface area contributed by atoms with Crippen LogP contribution < -0.4 is 0 Å². The standard InChI is InChI=1S/C17H13ClFN3OS/c1-11(16(23)12-6-8-13(18)9-7-12)24-17-21-20-10-22(17)15-5-3-2-4-14(15)19/h2-11H,1H3/t11-/m0/s1. The van der Waals surface area contributed by atoms with Gasteiger partial charge >= 0.3 is 0 Å². The van der Waals surface area contributed by atoms with Gasteiger partial charge in [-0.15, -0.1) is 10.2 Å². The zero-order chi connectivity index (χ0) is 17.1. The Morgan fingerprint density at radius 3 is 2.62 bits per heavy atom. The summed E-state index contributed by atoms with van der Waals surface area (Å²) >= 11 is 7.07. The van der Waals surface area contributed by atoms with E-state index in [0.29, 0.717) is 21.4 Å². The molecule has 7 heteroatoms. The SMILES string of the molecule is C[C@H](Sc1nncn1-c1ccccc1F)C(=O)c1ccc(Cl)cc1. The second-order valence-corrected chi connectivity index (χ2v) is 6.81. The van der Waals surface area contributed by atoms with Crippen LogP contribution in [0.1, 0.15) is 17.3 Å². The van der Waals surface area contributed by atoms with Gasteiger partial charge in [0, 0.05) is 10.6 Å². The van der Waals surface area contributed by atoms with Gasteiger partial charge in [0.2, 0.25) is 0 Å². The predicted molar refractivity (Wildman–Crippen MR) is 92.4 cm³/mol. The van der Waals surface area contributed by atoms with E-state index >= 15 is 0 Å². The number of para-hydroxylation sites is 1. The molecule has 0 unspecified atom stereocenters. The molecule has 0 saturated heterocycles. The van der Waals surface area contributed by atoms with E-state index in [-0.39, 0.29) is 11.6 Å². The normalized spacial score (nSPS) is 12.1. The topological polar surface area (TPSA) is 47.8 Å². The number of ketones is 1. The van der Waals surface area contributed by atoms with Gasteiger partial charge < -0.3 is 0 Å². The number of halogens is 2. The van der Waals surface area contributed by atoms with Gasteiger partial charge in [-0.1, -0.05) is 35.5 Å². The van der Waals surface area contributed by atoms with Crippen molar-refractivity contribution in [1.82, 2.24) is 14.8 Å². The molecule has 2 aromatic carbocycles. The highest BCUT2D eigenvalue weighted by atomic mass is 35.5. The van der Waals surface area contributed by atoms with Gasteiger partial charge in [0.1, 0.15) is 12.1 Å². The maximum atomic E-state index is 14.0. The molecule has 24 heavy (non-hydrogen) atoms. The van der Waals surface area contributed by atoms with Crippen LogP contribution in [0, 0.1) is 5.82 Å². The number of rotatable bonds is 5. The van der Waals surface area contributed by atoms with Gasteiger partial charge in [-0.05, 0) is 43.3 Å². The Bertz CT molecular complexity index is 866. The second-order valence-electron chi connectivity index (χ2n) is 5.07. The quantitative estimate of drug-likeness (QED) is 0.498. The largest absolute Gasteiger partial charge is 0.293 e. The molecule has 3 rings (SSSR count). The lowest BCUT2D eigenvalue weighted by Gasteiger charge is -2.11. The van der Waals surface area contributed by atoms with Crippen LogP contribution in [0.3, 0.4) is 0 Å². The Kier molecular flexibility index (Phi) is 4.97. The Morgan fingerprint density at radius 2 is 1.92 bits per heavy atom. The summed E-state index contributed by atoms with van der Waals surface area (Å²) in [6.45, 7) is 1.78. The Hall–Kier alpha value is -2.18. The van der Waals surface area contributed by atoms with E-state index in [2.05, 4.69) is 10.2 Å². The number of nitrogens with zero attached hydrogens (tertiary/aromatic N) is 3. The fourth-order valence-corrected chi connectivity index (χ4v) is 3.22. The van der Waals surface area contributed by atoms with Gasteiger partial charge in [-0.25, -0.2) is 4.39 Å². The molecule has 1 heterocycles. The van der Waals surface area contributed by atoms with Gasteiger partial charge in [0.15, 0.2) is 10.9 Å². The van der Waals surface area contributed by atoms with Crippen molar-refractivity contribution in [2.45, 2.75) is 17.3 Å². The lowest BCUT2D eigenvalue weighted by molar-refractivity contribution is 0.0994. The summed E-state index contributed by atoms with van der Waals surface area (Å²) in [6.07, 6.45) is 1.43. The summed E-state index contributed by atoms with van der Waals surface area (Å²) in [4.78, 5) is 12.5. The summed E-state index contributed by atoms with van der Waals surface area (Å²) in [5, 5.41) is 8.46. The van der Waals surface area contributed by atoms with Crippen molar-refractivity contribution < 1.29 is 9.18 Å². The van der Waals surface area contributed by atoms with Gasteiger partial charge in [-0.2, -0.15) is 0 Å². The third kappa shape index (κ3) is 3.49. The first kappa shape index (κ1) is 16.7. The lowest BCUT2D eigenvalue weighted by Crippen LogP contribution is -2.14. The molecule has 1 aromatic heterocycles. The minimum atomic E-state index is -0.402. The van der Waals surface area contributed by atoms with E-state index in [0.717, 1.165) is 0 Å². The molecule has 3 aromatic rings. The number of aromatic nitrogens is 3. The first-order valence-corrected chi connectivity index (χ1v) is 8.43. The molecule has 0 bridgehead atoms. The average molecular weight is 362 g/mol. The Balaban J connectivity index is 1.82. The number of hydrogen-bond acceptors (Lipinski definition) is 4. The van der Waals surface area contributed by atoms with Crippen LogP contribution in [0.4, 0.5) is 4.39 Å². The van der Waals surface area contributed by atoms with Crippen molar-refractivity contribution in [2.24, 2.45) is 0 Å². The van der Waals surface area contributed by atoms with E-state index in [1.54, 1.807) is 49.4 Å². The zero-order valence-electron chi connectivity index (χ0n) is 12.7. The van der Waals surface area contributed by atoms with Crippen molar-refractivity contribution in [2.75, 3.05) is 0 Å².